The highest BCUT2D eigenvalue weighted by Crippen LogP contribution is 2.14. The van der Waals surface area contributed by atoms with Gasteiger partial charge in [-0.25, -0.2) is 9.78 Å². The predicted molar refractivity (Wildman–Crippen MR) is 72.8 cm³/mol. The van der Waals surface area contributed by atoms with Crippen molar-refractivity contribution in [3.05, 3.63) is 35.5 Å². The maximum atomic E-state index is 11.4. The first kappa shape index (κ1) is 14.5. The Morgan fingerprint density at radius 3 is 2.83 bits per heavy atom. The number of pyridine rings is 1. The molecule has 0 atom stereocenters. The lowest BCUT2D eigenvalue weighted by molar-refractivity contribution is 0.173. The largest absolute Gasteiger partial charge is 0.445 e. The molecule has 0 unspecified atom stereocenters. The van der Waals surface area contributed by atoms with Crippen LogP contribution in [0.25, 0.3) is 0 Å². The quantitative estimate of drug-likeness (QED) is 0.668. The molecule has 0 fully saturated rings. The van der Waals surface area contributed by atoms with E-state index in [0.29, 0.717) is 11.0 Å². The third-order valence-electron chi connectivity index (χ3n) is 1.87. The lowest BCUT2D eigenvalue weighted by Gasteiger charge is -2.11. The van der Waals surface area contributed by atoms with Gasteiger partial charge in [0.15, 0.2) is 0 Å². The summed E-state index contributed by atoms with van der Waals surface area (Å²) in [6.45, 7) is 6.43. The molecule has 0 radical (unpaired) electrons. The average Bonchev–Trinajstić information content (AvgIpc) is 2.23. The maximum Gasteiger partial charge on any atom is 0.413 e. The Kier molecular flexibility index (Phi) is 5.16. The Bertz CT molecular complexity index is 439. The second kappa shape index (κ2) is 6.40. The van der Waals surface area contributed by atoms with Gasteiger partial charge in [0.25, 0.3) is 0 Å². The van der Waals surface area contributed by atoms with Gasteiger partial charge in [0.1, 0.15) is 17.6 Å². The van der Waals surface area contributed by atoms with Gasteiger partial charge in [0, 0.05) is 0 Å². The average molecular weight is 269 g/mol. The Morgan fingerprint density at radius 1 is 1.50 bits per heavy atom. The van der Waals surface area contributed by atoms with Gasteiger partial charge in [0.05, 0.1) is 0 Å². The fourth-order valence-corrected chi connectivity index (χ4v) is 1.31. The predicted octanol–water partition coefficient (Wildman–Crippen LogP) is 3.89. The second-order valence-electron chi connectivity index (χ2n) is 4.84. The van der Waals surface area contributed by atoms with Crippen molar-refractivity contribution in [3.63, 3.8) is 0 Å². The summed E-state index contributed by atoms with van der Waals surface area (Å²) in [5, 5.41) is 2.81. The van der Waals surface area contributed by atoms with Crippen molar-refractivity contribution in [3.8, 4) is 0 Å². The van der Waals surface area contributed by atoms with Crippen molar-refractivity contribution in [2.45, 2.75) is 20.8 Å². The Balaban J connectivity index is 2.37. The molecular weight excluding hydrogens is 252 g/mol. The molecule has 1 amide bonds. The van der Waals surface area contributed by atoms with Gasteiger partial charge < -0.3 is 4.74 Å². The number of hydrogen-bond donors (Lipinski definition) is 1. The molecule has 4 nitrogen and oxygen atoms in total. The van der Waals surface area contributed by atoms with Crippen LogP contribution in [-0.4, -0.2) is 17.7 Å². The van der Waals surface area contributed by atoms with E-state index < -0.39 is 6.09 Å². The van der Waals surface area contributed by atoms with Crippen LogP contribution in [0.2, 0.25) is 5.15 Å². The van der Waals surface area contributed by atoms with Gasteiger partial charge in [0.2, 0.25) is 0 Å². The van der Waals surface area contributed by atoms with Crippen LogP contribution < -0.4 is 5.32 Å². The number of ether oxygens (including phenoxy) is 1. The molecule has 0 bridgehead atoms. The zero-order chi connectivity index (χ0) is 13.6. The molecule has 1 heterocycles. The van der Waals surface area contributed by atoms with Crippen molar-refractivity contribution in [2.75, 3.05) is 11.9 Å². The van der Waals surface area contributed by atoms with Gasteiger partial charge in [-0.1, -0.05) is 50.6 Å². The minimum absolute atomic E-state index is 0.0777. The van der Waals surface area contributed by atoms with E-state index in [4.69, 9.17) is 16.3 Å². The molecule has 0 spiro atoms. The van der Waals surface area contributed by atoms with Crippen LogP contribution in [0.3, 0.4) is 0 Å². The van der Waals surface area contributed by atoms with E-state index >= 15 is 0 Å². The number of rotatable bonds is 3. The monoisotopic (exact) mass is 268 g/mol. The van der Waals surface area contributed by atoms with Crippen LogP contribution in [0.5, 0.6) is 0 Å². The molecule has 98 valence electrons. The molecular formula is C13H17ClN2O2. The van der Waals surface area contributed by atoms with Crippen LogP contribution in [0, 0.1) is 5.41 Å². The zero-order valence-corrected chi connectivity index (χ0v) is 11.5. The van der Waals surface area contributed by atoms with Crippen LogP contribution in [0.15, 0.2) is 30.4 Å². The first-order valence-corrected chi connectivity index (χ1v) is 5.99. The summed E-state index contributed by atoms with van der Waals surface area (Å²) in [5.41, 5.74) is 0.0777. The van der Waals surface area contributed by atoms with E-state index in [1.54, 1.807) is 18.2 Å². The van der Waals surface area contributed by atoms with Crippen molar-refractivity contribution in [1.82, 2.24) is 4.98 Å². The Labute approximate surface area is 112 Å². The van der Waals surface area contributed by atoms with Crippen LogP contribution in [-0.2, 0) is 4.74 Å². The lowest BCUT2D eigenvalue weighted by atomic mass is 9.96. The van der Waals surface area contributed by atoms with Crippen LogP contribution in [0.4, 0.5) is 10.6 Å². The van der Waals surface area contributed by atoms with Gasteiger partial charge >= 0.3 is 6.09 Å². The van der Waals surface area contributed by atoms with Gasteiger partial charge in [-0.05, 0) is 17.5 Å². The number of anilines is 1. The summed E-state index contributed by atoms with van der Waals surface area (Å²) in [6.07, 6.45) is 3.24. The van der Waals surface area contributed by atoms with Crippen molar-refractivity contribution in [2.24, 2.45) is 5.41 Å². The van der Waals surface area contributed by atoms with E-state index in [-0.39, 0.29) is 12.0 Å². The number of allylic oxidation sites excluding steroid dienone is 1. The van der Waals surface area contributed by atoms with Gasteiger partial charge in [-0.2, -0.15) is 0 Å². The summed E-state index contributed by atoms with van der Waals surface area (Å²) < 4.78 is 4.96. The van der Waals surface area contributed by atoms with Gasteiger partial charge in [-0.3, -0.25) is 5.32 Å². The van der Waals surface area contributed by atoms with E-state index in [0.717, 1.165) is 0 Å². The molecule has 1 rings (SSSR count). The standard InChI is InChI=1S/C13H17ClN2O2/c1-13(2,3)8-5-9-18-12(17)16-11-7-4-6-10(14)15-11/h4-8H,9H2,1-3H3,(H,15,16,17). The lowest BCUT2D eigenvalue weighted by Crippen LogP contribution is -2.14. The number of carbonyl (C=O) groups is 1. The number of nitrogens with zero attached hydrogens (tertiary/aromatic N) is 1. The smallest absolute Gasteiger partial charge is 0.413 e. The highest BCUT2D eigenvalue weighted by molar-refractivity contribution is 6.29. The van der Waals surface area contributed by atoms with Crippen molar-refractivity contribution in [1.29, 1.82) is 0 Å². The molecule has 18 heavy (non-hydrogen) atoms. The maximum absolute atomic E-state index is 11.4. The highest BCUT2D eigenvalue weighted by atomic mass is 35.5. The second-order valence-corrected chi connectivity index (χ2v) is 5.22. The van der Waals surface area contributed by atoms with Crippen molar-refractivity contribution >= 4 is 23.5 Å². The number of aromatic nitrogens is 1. The molecule has 1 aromatic rings. The Hall–Kier alpha value is -1.55. The number of carbonyl (C=O) groups excluding carboxylic acids is 1. The summed E-state index contributed by atoms with van der Waals surface area (Å²) in [7, 11) is 0. The summed E-state index contributed by atoms with van der Waals surface area (Å²) >= 11 is 5.69. The molecule has 5 heteroatoms. The summed E-state index contributed by atoms with van der Waals surface area (Å²) in [5.74, 6) is 0.368. The van der Waals surface area contributed by atoms with Gasteiger partial charge in [-0.15, -0.1) is 0 Å². The highest BCUT2D eigenvalue weighted by Gasteiger charge is 2.05. The first-order valence-electron chi connectivity index (χ1n) is 5.61. The number of halogens is 1. The molecule has 1 aromatic heterocycles. The molecule has 0 saturated heterocycles. The van der Waals surface area contributed by atoms with E-state index in [1.165, 1.54) is 0 Å². The molecule has 0 aliphatic carbocycles. The van der Waals surface area contributed by atoms with Crippen molar-refractivity contribution < 1.29 is 9.53 Å². The fraction of sp³-hybridized carbons (Fsp3) is 0.385. The third kappa shape index (κ3) is 6.25. The SMILES string of the molecule is CC(C)(C)C=CCOC(=O)Nc1cccc(Cl)n1. The van der Waals surface area contributed by atoms with Crippen LogP contribution in [0.1, 0.15) is 20.8 Å². The van der Waals surface area contributed by atoms with E-state index in [9.17, 15) is 4.79 Å². The van der Waals surface area contributed by atoms with E-state index in [1.807, 2.05) is 12.2 Å². The summed E-state index contributed by atoms with van der Waals surface area (Å²) in [6, 6.07) is 4.97. The third-order valence-corrected chi connectivity index (χ3v) is 2.08. The number of nitrogens with one attached hydrogen (secondary N) is 1. The molecule has 0 aliphatic rings. The Morgan fingerprint density at radius 2 is 2.22 bits per heavy atom. The minimum atomic E-state index is -0.552. The summed E-state index contributed by atoms with van der Waals surface area (Å²) in [4.78, 5) is 15.3. The molecule has 0 aliphatic heterocycles. The topological polar surface area (TPSA) is 51.2 Å². The zero-order valence-electron chi connectivity index (χ0n) is 10.7. The minimum Gasteiger partial charge on any atom is -0.445 e. The normalized spacial score (nSPS) is 11.6. The number of amides is 1. The number of hydrogen-bond acceptors (Lipinski definition) is 3. The van der Waals surface area contributed by atoms with E-state index in [2.05, 4.69) is 31.1 Å². The molecule has 0 saturated carbocycles. The van der Waals surface area contributed by atoms with Crippen LogP contribution >= 0.6 is 11.6 Å². The first-order chi connectivity index (χ1) is 8.37. The molecule has 0 aromatic carbocycles. The fourth-order valence-electron chi connectivity index (χ4n) is 1.14. The molecule has 1 N–H and O–H groups in total.